The van der Waals surface area contributed by atoms with Gasteiger partial charge < -0.3 is 15.2 Å². The predicted molar refractivity (Wildman–Crippen MR) is 119 cm³/mol. The summed E-state index contributed by atoms with van der Waals surface area (Å²) in [5.74, 6) is 0.931. The number of H-pyrrole nitrogens is 1. The summed E-state index contributed by atoms with van der Waals surface area (Å²) in [5, 5.41) is 28.2. The van der Waals surface area contributed by atoms with Gasteiger partial charge in [0.15, 0.2) is 5.82 Å². The monoisotopic (exact) mass is 449 g/mol. The number of fused-ring (bicyclic) bond motifs is 1. The molecule has 0 aliphatic rings. The number of aryl methyl sites for hydroxylation is 1. The van der Waals surface area contributed by atoms with E-state index >= 15 is 0 Å². The second-order valence-electron chi connectivity index (χ2n) is 7.04. The topological polar surface area (TPSA) is 169 Å². The number of nitro benzene ring substituents is 1. The second kappa shape index (κ2) is 9.68. The number of rotatable bonds is 9. The summed E-state index contributed by atoms with van der Waals surface area (Å²) in [6, 6.07) is 12.9. The molecule has 2 heterocycles. The van der Waals surface area contributed by atoms with Gasteiger partial charge >= 0.3 is 0 Å². The molecule has 0 aliphatic carbocycles. The molecule has 0 saturated carbocycles. The van der Waals surface area contributed by atoms with Gasteiger partial charge in [-0.3, -0.25) is 19.7 Å². The van der Waals surface area contributed by atoms with Crippen molar-refractivity contribution in [2.75, 3.05) is 18.4 Å². The van der Waals surface area contributed by atoms with Crippen LogP contribution in [0, 0.1) is 10.1 Å². The number of benzene rings is 2. The number of non-ortho nitro benzene ring substituents is 1. The third-order valence-corrected chi connectivity index (χ3v) is 4.81. The van der Waals surface area contributed by atoms with Crippen LogP contribution >= 0.6 is 0 Å². The normalized spacial score (nSPS) is 10.8. The van der Waals surface area contributed by atoms with E-state index < -0.39 is 4.92 Å². The lowest BCUT2D eigenvalue weighted by molar-refractivity contribution is -0.384. The summed E-state index contributed by atoms with van der Waals surface area (Å²) in [7, 11) is 0. The predicted octanol–water partition coefficient (Wildman–Crippen LogP) is 2.04. The number of carbonyl (C=O) groups excluding carboxylic acids is 1. The molecule has 0 fully saturated rings. The molecular formula is C21H19N7O5. The summed E-state index contributed by atoms with van der Waals surface area (Å²) in [4.78, 5) is 38.4. The zero-order chi connectivity index (χ0) is 23.2. The van der Waals surface area contributed by atoms with Crippen LogP contribution in [0.4, 0.5) is 11.5 Å². The molecule has 4 rings (SSSR count). The van der Waals surface area contributed by atoms with Crippen LogP contribution in [0.15, 0.2) is 57.8 Å². The number of hydrogen-bond acceptors (Lipinski definition) is 9. The number of aromatic amines is 1. The lowest BCUT2D eigenvalue weighted by Crippen LogP contribution is -2.29. The molecular weight excluding hydrogens is 430 g/mol. The van der Waals surface area contributed by atoms with Crippen LogP contribution < -0.4 is 16.2 Å². The van der Waals surface area contributed by atoms with E-state index in [-0.39, 0.29) is 30.0 Å². The number of nitro groups is 1. The minimum absolute atomic E-state index is 0.0295. The van der Waals surface area contributed by atoms with E-state index in [0.717, 1.165) is 0 Å². The molecule has 1 amide bonds. The maximum absolute atomic E-state index is 12.1. The fraction of sp³-hybridized carbons (Fsp3) is 0.190. The van der Waals surface area contributed by atoms with Crippen molar-refractivity contribution in [3.8, 4) is 11.4 Å². The Bertz CT molecular complexity index is 1350. The van der Waals surface area contributed by atoms with E-state index in [0.29, 0.717) is 47.0 Å². The molecule has 0 saturated heterocycles. The van der Waals surface area contributed by atoms with Gasteiger partial charge in [-0.2, -0.15) is 10.1 Å². The van der Waals surface area contributed by atoms with Gasteiger partial charge in [0.05, 0.1) is 10.3 Å². The van der Waals surface area contributed by atoms with E-state index in [1.807, 2.05) is 6.07 Å². The Morgan fingerprint density at radius 1 is 1.09 bits per heavy atom. The highest BCUT2D eigenvalue weighted by Gasteiger charge is 2.12. The van der Waals surface area contributed by atoms with E-state index in [9.17, 15) is 19.7 Å². The minimum atomic E-state index is -0.487. The lowest BCUT2D eigenvalue weighted by Gasteiger charge is -2.08. The van der Waals surface area contributed by atoms with Gasteiger partial charge in [-0.25, -0.2) is 5.10 Å². The van der Waals surface area contributed by atoms with Crippen molar-refractivity contribution in [3.63, 3.8) is 0 Å². The molecule has 12 nitrogen and oxygen atoms in total. The van der Waals surface area contributed by atoms with Crippen molar-refractivity contribution in [3.05, 3.63) is 74.9 Å². The fourth-order valence-corrected chi connectivity index (χ4v) is 3.15. The van der Waals surface area contributed by atoms with Crippen LogP contribution in [-0.4, -0.2) is 44.3 Å². The Balaban J connectivity index is 1.23. The average molecular weight is 449 g/mol. The largest absolute Gasteiger partial charge is 0.366 e. The van der Waals surface area contributed by atoms with Crippen molar-refractivity contribution in [2.24, 2.45) is 0 Å². The van der Waals surface area contributed by atoms with Crippen molar-refractivity contribution < 1.29 is 14.2 Å². The number of carbonyl (C=O) groups is 1. The fourth-order valence-electron chi connectivity index (χ4n) is 3.15. The van der Waals surface area contributed by atoms with E-state index in [1.165, 1.54) is 24.3 Å². The van der Waals surface area contributed by atoms with Gasteiger partial charge in [0.2, 0.25) is 17.6 Å². The molecule has 2 aromatic carbocycles. The van der Waals surface area contributed by atoms with E-state index in [1.54, 1.807) is 18.2 Å². The van der Waals surface area contributed by atoms with Crippen molar-refractivity contribution in [1.82, 2.24) is 25.7 Å². The highest BCUT2D eigenvalue weighted by atomic mass is 16.6. The third-order valence-electron chi connectivity index (χ3n) is 4.81. The highest BCUT2D eigenvalue weighted by Crippen LogP contribution is 2.20. The van der Waals surface area contributed by atoms with E-state index in [4.69, 9.17) is 4.52 Å². The first kappa shape index (κ1) is 21.6. The Hall–Kier alpha value is -4.61. The number of aromatic nitrogens is 4. The smallest absolute Gasteiger partial charge is 0.272 e. The molecule has 0 radical (unpaired) electrons. The van der Waals surface area contributed by atoms with Crippen LogP contribution in [0.5, 0.6) is 0 Å². The number of nitrogens with one attached hydrogen (secondary N) is 3. The van der Waals surface area contributed by atoms with Gasteiger partial charge in [0.25, 0.3) is 11.2 Å². The van der Waals surface area contributed by atoms with Gasteiger partial charge in [0.1, 0.15) is 0 Å². The minimum Gasteiger partial charge on any atom is -0.366 e. The molecule has 0 atom stereocenters. The maximum Gasteiger partial charge on any atom is 0.272 e. The average Bonchev–Trinajstić information content (AvgIpc) is 3.31. The van der Waals surface area contributed by atoms with E-state index in [2.05, 4.69) is 31.0 Å². The zero-order valence-electron chi connectivity index (χ0n) is 17.3. The number of nitrogens with zero attached hydrogens (tertiary/aromatic N) is 4. The Morgan fingerprint density at radius 2 is 1.85 bits per heavy atom. The molecule has 33 heavy (non-hydrogen) atoms. The Morgan fingerprint density at radius 3 is 2.61 bits per heavy atom. The van der Waals surface area contributed by atoms with Gasteiger partial charge in [-0.15, -0.1) is 0 Å². The standard InChI is InChI=1S/C21H19N7O5/c29-17(22-11-12-23-20-15-3-1-2-4-16(15)21(30)26-25-20)9-10-18-24-19(27-33-18)13-5-7-14(8-6-13)28(31)32/h1-8H,9-12H2,(H,22,29)(H,23,25)(H,26,30). The SMILES string of the molecule is O=C(CCc1nc(-c2ccc([N+](=O)[O-])cc2)no1)NCCNc1n[nH]c(=O)c2ccccc12. The van der Waals surface area contributed by atoms with Crippen LogP contribution in [0.1, 0.15) is 12.3 Å². The molecule has 3 N–H and O–H groups in total. The lowest BCUT2D eigenvalue weighted by atomic mass is 10.2. The van der Waals surface area contributed by atoms with Crippen molar-refractivity contribution >= 4 is 28.2 Å². The first-order valence-corrected chi connectivity index (χ1v) is 10.1. The summed E-state index contributed by atoms with van der Waals surface area (Å²) in [6.07, 6.45) is 0.410. The highest BCUT2D eigenvalue weighted by molar-refractivity contribution is 5.90. The Kier molecular flexibility index (Phi) is 6.34. The Labute approximate surface area is 186 Å². The number of amides is 1. The third kappa shape index (κ3) is 5.18. The van der Waals surface area contributed by atoms with Gasteiger partial charge in [-0.1, -0.05) is 23.4 Å². The molecule has 0 unspecified atom stereocenters. The molecule has 0 bridgehead atoms. The summed E-state index contributed by atoms with van der Waals surface area (Å²) in [5.41, 5.74) is 0.287. The maximum atomic E-state index is 12.1. The molecule has 0 spiro atoms. The first-order valence-electron chi connectivity index (χ1n) is 10.1. The van der Waals surface area contributed by atoms with Gasteiger partial charge in [0, 0.05) is 49.0 Å². The van der Waals surface area contributed by atoms with Crippen molar-refractivity contribution in [2.45, 2.75) is 12.8 Å². The zero-order valence-corrected chi connectivity index (χ0v) is 17.3. The summed E-state index contributed by atoms with van der Waals surface area (Å²) < 4.78 is 5.16. The summed E-state index contributed by atoms with van der Waals surface area (Å²) >= 11 is 0. The summed E-state index contributed by atoms with van der Waals surface area (Å²) in [6.45, 7) is 0.769. The molecule has 2 aromatic heterocycles. The van der Waals surface area contributed by atoms with Crippen LogP contribution in [0.2, 0.25) is 0 Å². The molecule has 168 valence electrons. The number of anilines is 1. The first-order chi connectivity index (χ1) is 16.0. The quantitative estimate of drug-likeness (QED) is 0.197. The number of hydrogen-bond donors (Lipinski definition) is 3. The second-order valence-corrected chi connectivity index (χ2v) is 7.04. The van der Waals surface area contributed by atoms with Crippen LogP contribution in [0.25, 0.3) is 22.2 Å². The van der Waals surface area contributed by atoms with Crippen molar-refractivity contribution in [1.29, 1.82) is 0 Å². The molecule has 4 aromatic rings. The van der Waals surface area contributed by atoms with Crippen LogP contribution in [0.3, 0.4) is 0 Å². The van der Waals surface area contributed by atoms with Gasteiger partial charge in [-0.05, 0) is 18.2 Å². The molecule has 0 aliphatic heterocycles. The molecule has 12 heteroatoms. The van der Waals surface area contributed by atoms with Crippen LogP contribution in [-0.2, 0) is 11.2 Å².